The van der Waals surface area contributed by atoms with Crippen LogP contribution in [0.5, 0.6) is 11.5 Å². The van der Waals surface area contributed by atoms with Gasteiger partial charge < -0.3 is 14.6 Å². The molecule has 0 aliphatic carbocycles. The Morgan fingerprint density at radius 1 is 0.875 bits per heavy atom. The summed E-state index contributed by atoms with van der Waals surface area (Å²) in [7, 11) is 1.69. The van der Waals surface area contributed by atoms with Crippen LogP contribution in [0.3, 0.4) is 0 Å². The number of hydrogen-bond acceptors (Lipinski definition) is 4. The second-order valence-electron chi connectivity index (χ2n) is 8.93. The molecule has 0 bridgehead atoms. The number of hydrogen-bond donors (Lipinski definition) is 1. The third kappa shape index (κ3) is 3.78. The van der Waals surface area contributed by atoms with Crippen LogP contribution in [0.1, 0.15) is 29.5 Å². The van der Waals surface area contributed by atoms with Crippen molar-refractivity contribution in [2.75, 3.05) is 26.8 Å². The van der Waals surface area contributed by atoms with Crippen LogP contribution in [-0.2, 0) is 12.0 Å². The summed E-state index contributed by atoms with van der Waals surface area (Å²) in [5.41, 5.74) is 2.20. The van der Waals surface area contributed by atoms with Crippen molar-refractivity contribution in [1.82, 2.24) is 4.90 Å². The van der Waals surface area contributed by atoms with Crippen molar-refractivity contribution in [2.45, 2.75) is 30.9 Å². The van der Waals surface area contributed by atoms with E-state index >= 15 is 0 Å². The molecular formula is C28H31NO3. The molecule has 1 N–H and O–H groups in total. The molecule has 2 aliphatic heterocycles. The molecule has 3 aromatic carbocycles. The van der Waals surface area contributed by atoms with Crippen molar-refractivity contribution in [2.24, 2.45) is 5.92 Å². The van der Waals surface area contributed by atoms with Crippen LogP contribution in [0.15, 0.2) is 78.9 Å². The van der Waals surface area contributed by atoms with Crippen LogP contribution in [0.2, 0.25) is 0 Å². The Bertz CT molecular complexity index is 990. The highest BCUT2D eigenvalue weighted by Gasteiger charge is 2.42. The van der Waals surface area contributed by atoms with Gasteiger partial charge in [0, 0.05) is 6.04 Å². The van der Waals surface area contributed by atoms with Crippen LogP contribution in [0.25, 0.3) is 0 Å². The van der Waals surface area contributed by atoms with Gasteiger partial charge >= 0.3 is 0 Å². The summed E-state index contributed by atoms with van der Waals surface area (Å²) in [6, 6.07) is 26.8. The van der Waals surface area contributed by atoms with E-state index in [1.165, 1.54) is 5.56 Å². The number of likely N-dealkylation sites (tertiary alicyclic amines) is 1. The lowest BCUT2D eigenvalue weighted by atomic mass is 9.72. The van der Waals surface area contributed by atoms with E-state index in [-0.39, 0.29) is 5.92 Å². The maximum Gasteiger partial charge on any atom is 0.164 e. The van der Waals surface area contributed by atoms with Gasteiger partial charge in [0.2, 0.25) is 0 Å². The van der Waals surface area contributed by atoms with Crippen LogP contribution < -0.4 is 9.47 Å². The zero-order valence-electron chi connectivity index (χ0n) is 18.6. The molecule has 4 heteroatoms. The number of methoxy groups -OCH3 is 1. The Morgan fingerprint density at radius 3 is 2.09 bits per heavy atom. The van der Waals surface area contributed by atoms with Crippen molar-refractivity contribution in [3.8, 4) is 11.5 Å². The predicted molar refractivity (Wildman–Crippen MR) is 126 cm³/mol. The molecule has 1 fully saturated rings. The fourth-order valence-corrected chi connectivity index (χ4v) is 5.48. The molecule has 166 valence electrons. The molecule has 0 radical (unpaired) electrons. The number of rotatable bonds is 5. The van der Waals surface area contributed by atoms with Gasteiger partial charge in [-0.1, -0.05) is 72.8 Å². The average Bonchev–Trinajstić information content (AvgIpc) is 2.88. The first-order valence-corrected chi connectivity index (χ1v) is 11.6. The van der Waals surface area contributed by atoms with Crippen LogP contribution in [-0.4, -0.2) is 42.9 Å². The second kappa shape index (κ2) is 8.97. The lowest BCUT2D eigenvalue weighted by Gasteiger charge is -2.45. The Morgan fingerprint density at radius 2 is 1.50 bits per heavy atom. The Balaban J connectivity index is 1.33. The summed E-state index contributed by atoms with van der Waals surface area (Å²) in [6.07, 6.45) is 2.86. The first-order chi connectivity index (χ1) is 15.7. The highest BCUT2D eigenvalue weighted by atomic mass is 16.5. The molecule has 0 aromatic heterocycles. The van der Waals surface area contributed by atoms with Gasteiger partial charge in [-0.15, -0.1) is 0 Å². The lowest BCUT2D eigenvalue weighted by molar-refractivity contribution is -0.0249. The predicted octanol–water partition coefficient (Wildman–Crippen LogP) is 4.65. The summed E-state index contributed by atoms with van der Waals surface area (Å²) < 4.78 is 11.6. The summed E-state index contributed by atoms with van der Waals surface area (Å²) in [5.74, 6) is 1.87. The molecule has 2 heterocycles. The number of ether oxygens (including phenoxy) is 2. The lowest BCUT2D eigenvalue weighted by Crippen LogP contribution is -2.50. The first kappa shape index (κ1) is 21.0. The van der Waals surface area contributed by atoms with Crippen molar-refractivity contribution in [3.05, 3.63) is 95.6 Å². The minimum absolute atomic E-state index is 0.167. The number of aliphatic hydroxyl groups is 1. The van der Waals surface area contributed by atoms with Gasteiger partial charge in [-0.25, -0.2) is 0 Å². The SMILES string of the molecule is COc1cccc2c1OC[C@H](N1CCC(C(O)(c3ccccc3)c3ccccc3)CC1)C2. The van der Waals surface area contributed by atoms with E-state index < -0.39 is 5.60 Å². The molecule has 4 nitrogen and oxygen atoms in total. The molecule has 1 saturated heterocycles. The molecule has 1 atom stereocenters. The standard InChI is InChI=1S/C28H31NO3/c1-31-26-14-8-9-21-19-25(20-32-27(21)26)29-17-15-24(16-18-29)28(30,22-10-4-2-5-11-22)23-12-6-3-7-13-23/h2-14,24-25,30H,15-20H2,1H3/t25-/m1/s1. The van der Waals surface area contributed by atoms with Crippen molar-refractivity contribution >= 4 is 0 Å². The number of piperidine rings is 1. The number of nitrogens with zero attached hydrogens (tertiary/aromatic N) is 1. The second-order valence-corrected chi connectivity index (χ2v) is 8.93. The maximum atomic E-state index is 12.1. The molecule has 0 amide bonds. The monoisotopic (exact) mass is 429 g/mol. The number of fused-ring (bicyclic) bond motifs is 1. The molecular weight excluding hydrogens is 398 g/mol. The summed E-state index contributed by atoms with van der Waals surface area (Å²) in [6.45, 7) is 2.60. The van der Waals surface area contributed by atoms with Gasteiger partial charge in [0.05, 0.1) is 7.11 Å². The van der Waals surface area contributed by atoms with Crippen LogP contribution in [0.4, 0.5) is 0 Å². The average molecular weight is 430 g/mol. The molecule has 3 aromatic rings. The molecule has 5 rings (SSSR count). The number of para-hydroxylation sites is 1. The summed E-state index contributed by atoms with van der Waals surface area (Å²) in [5, 5.41) is 12.1. The Hall–Kier alpha value is -2.82. The van der Waals surface area contributed by atoms with Gasteiger partial charge in [0.15, 0.2) is 11.5 Å². The minimum atomic E-state index is -0.975. The molecule has 0 saturated carbocycles. The fourth-order valence-electron chi connectivity index (χ4n) is 5.48. The highest BCUT2D eigenvalue weighted by Crippen LogP contribution is 2.43. The van der Waals surface area contributed by atoms with Gasteiger partial charge in [-0.05, 0) is 61.0 Å². The first-order valence-electron chi connectivity index (χ1n) is 11.6. The quantitative estimate of drug-likeness (QED) is 0.641. The Kier molecular flexibility index (Phi) is 5.90. The fraction of sp³-hybridized carbons (Fsp3) is 0.357. The number of benzene rings is 3. The minimum Gasteiger partial charge on any atom is -0.493 e. The summed E-state index contributed by atoms with van der Waals surface area (Å²) in [4.78, 5) is 2.54. The highest BCUT2D eigenvalue weighted by molar-refractivity contribution is 5.48. The topological polar surface area (TPSA) is 41.9 Å². The van der Waals surface area contributed by atoms with Gasteiger partial charge in [-0.3, -0.25) is 4.90 Å². The molecule has 0 unspecified atom stereocenters. The van der Waals surface area contributed by atoms with Crippen LogP contribution >= 0.6 is 0 Å². The largest absolute Gasteiger partial charge is 0.493 e. The Labute approximate surface area is 190 Å². The van der Waals surface area contributed by atoms with Crippen molar-refractivity contribution in [3.63, 3.8) is 0 Å². The normalized spacial score (nSPS) is 19.8. The maximum absolute atomic E-state index is 12.1. The van der Waals surface area contributed by atoms with E-state index in [2.05, 4.69) is 35.2 Å². The molecule has 0 spiro atoms. The molecule has 2 aliphatic rings. The van der Waals surface area contributed by atoms with Gasteiger partial charge in [-0.2, -0.15) is 0 Å². The van der Waals surface area contributed by atoms with Crippen molar-refractivity contribution < 1.29 is 14.6 Å². The van der Waals surface area contributed by atoms with Gasteiger partial charge in [0.1, 0.15) is 12.2 Å². The molecule has 32 heavy (non-hydrogen) atoms. The summed E-state index contributed by atoms with van der Waals surface area (Å²) >= 11 is 0. The zero-order chi connectivity index (χ0) is 22.0. The van der Waals surface area contributed by atoms with E-state index in [4.69, 9.17) is 9.47 Å². The zero-order valence-corrected chi connectivity index (χ0v) is 18.6. The third-order valence-electron chi connectivity index (χ3n) is 7.22. The van der Waals surface area contributed by atoms with Crippen molar-refractivity contribution in [1.29, 1.82) is 0 Å². The van der Waals surface area contributed by atoms with Crippen LogP contribution in [0, 0.1) is 5.92 Å². The van der Waals surface area contributed by atoms with E-state index in [9.17, 15) is 5.11 Å². The van der Waals surface area contributed by atoms with E-state index in [1.807, 2.05) is 48.5 Å². The van der Waals surface area contributed by atoms with Gasteiger partial charge in [0.25, 0.3) is 0 Å². The van der Waals surface area contributed by atoms with E-state index in [0.717, 1.165) is 55.0 Å². The third-order valence-corrected chi connectivity index (χ3v) is 7.22. The van der Waals surface area contributed by atoms with E-state index in [0.29, 0.717) is 12.6 Å². The van der Waals surface area contributed by atoms with E-state index in [1.54, 1.807) is 7.11 Å². The smallest absolute Gasteiger partial charge is 0.164 e.